The molecule has 0 spiro atoms. The van der Waals surface area contributed by atoms with E-state index in [0.29, 0.717) is 12.1 Å². The van der Waals surface area contributed by atoms with Gasteiger partial charge in [0.15, 0.2) is 0 Å². The highest BCUT2D eigenvalue weighted by atomic mass is 19.1. The van der Waals surface area contributed by atoms with Gasteiger partial charge in [0, 0.05) is 17.8 Å². The van der Waals surface area contributed by atoms with Crippen molar-refractivity contribution >= 4 is 5.69 Å². The van der Waals surface area contributed by atoms with E-state index in [-0.39, 0.29) is 11.6 Å². The fourth-order valence-corrected chi connectivity index (χ4v) is 1.60. The summed E-state index contributed by atoms with van der Waals surface area (Å²) in [5.41, 5.74) is 2.28. The summed E-state index contributed by atoms with van der Waals surface area (Å²) in [5, 5.41) is 12.5. The summed E-state index contributed by atoms with van der Waals surface area (Å²) < 4.78 is 13.4. The molecule has 0 aliphatic carbocycles. The molecule has 3 heteroatoms. The number of halogens is 1. The number of hydrogen-bond acceptors (Lipinski definition) is 2. The first-order valence-corrected chi connectivity index (χ1v) is 5.44. The third-order valence-electron chi connectivity index (χ3n) is 2.64. The number of phenols is 1. The van der Waals surface area contributed by atoms with E-state index in [0.717, 1.165) is 11.3 Å². The van der Waals surface area contributed by atoms with E-state index in [2.05, 4.69) is 5.32 Å². The molecule has 0 heterocycles. The lowest BCUT2D eigenvalue weighted by atomic mass is 10.2. The Morgan fingerprint density at radius 2 is 1.94 bits per heavy atom. The van der Waals surface area contributed by atoms with Crippen LogP contribution in [0, 0.1) is 12.7 Å². The standard InChI is InChI=1S/C14H14FNO/c1-10-8-12(6-7-14(10)17)16-9-11-4-2-3-5-13(11)15/h2-8,16-17H,9H2,1H3. The van der Waals surface area contributed by atoms with Crippen molar-refractivity contribution in [3.63, 3.8) is 0 Å². The first kappa shape index (κ1) is 11.5. The molecule has 2 rings (SSSR count). The first-order chi connectivity index (χ1) is 8.16. The smallest absolute Gasteiger partial charge is 0.128 e. The van der Waals surface area contributed by atoms with Crippen LogP contribution in [0.3, 0.4) is 0 Å². The molecule has 88 valence electrons. The topological polar surface area (TPSA) is 32.3 Å². The zero-order chi connectivity index (χ0) is 12.3. The van der Waals surface area contributed by atoms with Gasteiger partial charge in [0.2, 0.25) is 0 Å². The van der Waals surface area contributed by atoms with Crippen LogP contribution < -0.4 is 5.32 Å². The number of rotatable bonds is 3. The van der Waals surface area contributed by atoms with Crippen LogP contribution in [0.25, 0.3) is 0 Å². The average Bonchev–Trinajstić information content (AvgIpc) is 2.32. The molecular weight excluding hydrogens is 217 g/mol. The van der Waals surface area contributed by atoms with Gasteiger partial charge >= 0.3 is 0 Å². The van der Waals surface area contributed by atoms with Gasteiger partial charge in [-0.1, -0.05) is 18.2 Å². The number of aryl methyl sites for hydroxylation is 1. The Balaban J connectivity index is 2.08. The molecule has 0 atom stereocenters. The number of nitrogens with one attached hydrogen (secondary N) is 1. The lowest BCUT2D eigenvalue weighted by Crippen LogP contribution is -2.01. The van der Waals surface area contributed by atoms with E-state index in [1.807, 2.05) is 19.1 Å². The molecule has 2 aromatic rings. The predicted octanol–water partition coefficient (Wildman–Crippen LogP) is 3.45. The van der Waals surface area contributed by atoms with Crippen molar-refractivity contribution in [2.75, 3.05) is 5.32 Å². The van der Waals surface area contributed by atoms with Gasteiger partial charge in [-0.2, -0.15) is 0 Å². The molecule has 0 bridgehead atoms. The Kier molecular flexibility index (Phi) is 3.28. The van der Waals surface area contributed by atoms with Gasteiger partial charge in [-0.05, 0) is 36.8 Å². The van der Waals surface area contributed by atoms with Crippen molar-refractivity contribution in [1.29, 1.82) is 0 Å². The quantitative estimate of drug-likeness (QED) is 0.793. The number of benzene rings is 2. The summed E-state index contributed by atoms with van der Waals surface area (Å²) in [6, 6.07) is 11.9. The summed E-state index contributed by atoms with van der Waals surface area (Å²) in [7, 11) is 0. The van der Waals surface area contributed by atoms with Crippen LogP contribution in [0.5, 0.6) is 5.75 Å². The van der Waals surface area contributed by atoms with Crippen molar-refractivity contribution in [3.8, 4) is 5.75 Å². The molecule has 0 aliphatic rings. The molecule has 0 saturated carbocycles. The molecule has 2 nitrogen and oxygen atoms in total. The molecular formula is C14H14FNO. The molecule has 0 fully saturated rings. The highest BCUT2D eigenvalue weighted by Crippen LogP contribution is 2.20. The summed E-state index contributed by atoms with van der Waals surface area (Å²) in [4.78, 5) is 0. The summed E-state index contributed by atoms with van der Waals surface area (Å²) in [6.45, 7) is 2.25. The van der Waals surface area contributed by atoms with Crippen molar-refractivity contribution in [2.24, 2.45) is 0 Å². The summed E-state index contributed by atoms with van der Waals surface area (Å²) in [5.74, 6) is 0.0527. The largest absolute Gasteiger partial charge is 0.508 e. The summed E-state index contributed by atoms with van der Waals surface area (Å²) in [6.07, 6.45) is 0. The highest BCUT2D eigenvalue weighted by Gasteiger charge is 2.01. The highest BCUT2D eigenvalue weighted by molar-refractivity contribution is 5.50. The van der Waals surface area contributed by atoms with E-state index in [4.69, 9.17) is 0 Å². The molecule has 0 unspecified atom stereocenters. The molecule has 0 aromatic heterocycles. The minimum absolute atomic E-state index is 0.212. The molecule has 0 aliphatic heterocycles. The van der Waals surface area contributed by atoms with Crippen molar-refractivity contribution < 1.29 is 9.50 Å². The maximum Gasteiger partial charge on any atom is 0.128 e. The van der Waals surface area contributed by atoms with Gasteiger partial charge in [-0.25, -0.2) is 4.39 Å². The van der Waals surface area contributed by atoms with E-state index in [9.17, 15) is 9.50 Å². The Bertz CT molecular complexity index is 525. The lowest BCUT2D eigenvalue weighted by Gasteiger charge is -2.08. The monoisotopic (exact) mass is 231 g/mol. The van der Waals surface area contributed by atoms with Crippen LogP contribution in [0.2, 0.25) is 0 Å². The normalized spacial score (nSPS) is 10.2. The van der Waals surface area contributed by atoms with Crippen LogP contribution in [0.15, 0.2) is 42.5 Å². The fourth-order valence-electron chi connectivity index (χ4n) is 1.60. The Labute approximate surface area is 99.7 Å². The van der Waals surface area contributed by atoms with Crippen LogP contribution in [-0.4, -0.2) is 5.11 Å². The van der Waals surface area contributed by atoms with Gasteiger partial charge in [-0.15, -0.1) is 0 Å². The second-order valence-corrected chi connectivity index (χ2v) is 3.95. The second kappa shape index (κ2) is 4.87. The van der Waals surface area contributed by atoms with Crippen molar-refractivity contribution in [2.45, 2.75) is 13.5 Å². The maximum absolute atomic E-state index is 13.4. The predicted molar refractivity (Wildman–Crippen MR) is 66.6 cm³/mol. The van der Waals surface area contributed by atoms with Gasteiger partial charge < -0.3 is 10.4 Å². The minimum Gasteiger partial charge on any atom is -0.508 e. The van der Waals surface area contributed by atoms with Gasteiger partial charge in [0.05, 0.1) is 0 Å². The van der Waals surface area contributed by atoms with Gasteiger partial charge in [0.25, 0.3) is 0 Å². The van der Waals surface area contributed by atoms with Gasteiger partial charge in [-0.3, -0.25) is 0 Å². The number of hydrogen-bond donors (Lipinski definition) is 2. The lowest BCUT2D eigenvalue weighted by molar-refractivity contribution is 0.471. The zero-order valence-corrected chi connectivity index (χ0v) is 9.57. The van der Waals surface area contributed by atoms with Gasteiger partial charge in [0.1, 0.15) is 11.6 Å². The van der Waals surface area contributed by atoms with Crippen molar-refractivity contribution in [3.05, 3.63) is 59.4 Å². The minimum atomic E-state index is -0.212. The summed E-state index contributed by atoms with van der Waals surface area (Å²) >= 11 is 0. The van der Waals surface area contributed by atoms with Crippen LogP contribution in [-0.2, 0) is 6.54 Å². The first-order valence-electron chi connectivity index (χ1n) is 5.44. The SMILES string of the molecule is Cc1cc(NCc2ccccc2F)ccc1O. The molecule has 17 heavy (non-hydrogen) atoms. The van der Waals surface area contributed by atoms with Crippen LogP contribution >= 0.6 is 0 Å². The molecule has 2 aromatic carbocycles. The molecule has 0 radical (unpaired) electrons. The maximum atomic E-state index is 13.4. The third kappa shape index (κ3) is 2.75. The molecule has 0 amide bonds. The number of anilines is 1. The fraction of sp³-hybridized carbons (Fsp3) is 0.143. The number of aromatic hydroxyl groups is 1. The zero-order valence-electron chi connectivity index (χ0n) is 9.57. The molecule has 2 N–H and O–H groups in total. The van der Waals surface area contributed by atoms with Crippen molar-refractivity contribution in [1.82, 2.24) is 0 Å². The van der Waals surface area contributed by atoms with E-state index < -0.39 is 0 Å². The van der Waals surface area contributed by atoms with E-state index in [1.165, 1.54) is 6.07 Å². The Morgan fingerprint density at radius 1 is 1.18 bits per heavy atom. The van der Waals surface area contributed by atoms with E-state index >= 15 is 0 Å². The second-order valence-electron chi connectivity index (χ2n) is 3.95. The third-order valence-corrected chi connectivity index (χ3v) is 2.64. The van der Waals surface area contributed by atoms with Crippen LogP contribution in [0.1, 0.15) is 11.1 Å². The van der Waals surface area contributed by atoms with E-state index in [1.54, 1.807) is 24.3 Å². The van der Waals surface area contributed by atoms with Crippen LogP contribution in [0.4, 0.5) is 10.1 Å². The average molecular weight is 231 g/mol. The Morgan fingerprint density at radius 3 is 2.65 bits per heavy atom. The number of phenolic OH excluding ortho intramolecular Hbond substituents is 1. The molecule has 0 saturated heterocycles. The Hall–Kier alpha value is -2.03.